The molecule has 1 N–H and O–H groups in total. The zero-order valence-corrected chi connectivity index (χ0v) is 9.75. The number of rotatable bonds is 5. The second kappa shape index (κ2) is 4.28. The van der Waals surface area contributed by atoms with Gasteiger partial charge in [-0.1, -0.05) is 0 Å². The number of aryl methyl sites for hydroxylation is 1. The SMILES string of the molecule is OCCn1cnc(CCC2CC2(Cl)Cl)n1. The van der Waals surface area contributed by atoms with Crippen LogP contribution in [0.3, 0.4) is 0 Å². The van der Waals surface area contributed by atoms with Gasteiger partial charge in [-0.25, -0.2) is 4.98 Å². The minimum atomic E-state index is -0.506. The molecule has 1 aromatic heterocycles. The van der Waals surface area contributed by atoms with E-state index in [1.165, 1.54) is 0 Å². The predicted octanol–water partition coefficient (Wildman–Crippen LogP) is 1.40. The molecule has 0 aliphatic heterocycles. The molecule has 2 rings (SSSR count). The maximum atomic E-state index is 8.70. The van der Waals surface area contributed by atoms with Crippen LogP contribution in [0, 0.1) is 5.92 Å². The molecule has 15 heavy (non-hydrogen) atoms. The molecule has 1 unspecified atom stereocenters. The first-order chi connectivity index (χ1) is 7.12. The van der Waals surface area contributed by atoms with E-state index in [1.54, 1.807) is 11.0 Å². The third kappa shape index (κ3) is 2.83. The first-order valence-electron chi connectivity index (χ1n) is 4.99. The molecule has 0 spiro atoms. The number of aromatic nitrogens is 3. The van der Waals surface area contributed by atoms with Crippen molar-refractivity contribution >= 4 is 23.2 Å². The summed E-state index contributed by atoms with van der Waals surface area (Å²) in [7, 11) is 0. The van der Waals surface area contributed by atoms with Crippen LogP contribution in [0.15, 0.2) is 6.33 Å². The van der Waals surface area contributed by atoms with Crippen molar-refractivity contribution in [2.24, 2.45) is 5.92 Å². The Kier molecular flexibility index (Phi) is 3.19. The van der Waals surface area contributed by atoms with Crippen molar-refractivity contribution in [1.82, 2.24) is 14.8 Å². The van der Waals surface area contributed by atoms with Crippen molar-refractivity contribution < 1.29 is 5.11 Å². The Bertz CT molecular complexity index is 340. The Morgan fingerprint density at radius 3 is 2.93 bits per heavy atom. The van der Waals surface area contributed by atoms with Gasteiger partial charge in [0.1, 0.15) is 10.7 Å². The Morgan fingerprint density at radius 2 is 2.33 bits per heavy atom. The fourth-order valence-corrected chi connectivity index (χ4v) is 2.13. The van der Waals surface area contributed by atoms with Gasteiger partial charge >= 0.3 is 0 Å². The van der Waals surface area contributed by atoms with Crippen molar-refractivity contribution in [3.8, 4) is 0 Å². The van der Waals surface area contributed by atoms with Gasteiger partial charge in [0.25, 0.3) is 0 Å². The molecular formula is C9H13Cl2N3O. The second-order valence-electron chi connectivity index (χ2n) is 3.85. The van der Waals surface area contributed by atoms with E-state index in [2.05, 4.69) is 10.1 Å². The van der Waals surface area contributed by atoms with Crippen molar-refractivity contribution in [1.29, 1.82) is 0 Å². The van der Waals surface area contributed by atoms with Gasteiger partial charge in [-0.15, -0.1) is 23.2 Å². The van der Waals surface area contributed by atoms with Crippen LogP contribution in [0.25, 0.3) is 0 Å². The van der Waals surface area contributed by atoms with Gasteiger partial charge in [-0.3, -0.25) is 4.68 Å². The first-order valence-corrected chi connectivity index (χ1v) is 5.74. The highest BCUT2D eigenvalue weighted by Crippen LogP contribution is 2.55. The molecule has 0 aromatic carbocycles. The lowest BCUT2D eigenvalue weighted by Crippen LogP contribution is -2.03. The Labute approximate surface area is 98.2 Å². The highest BCUT2D eigenvalue weighted by Gasteiger charge is 2.50. The van der Waals surface area contributed by atoms with Gasteiger partial charge in [0, 0.05) is 6.42 Å². The van der Waals surface area contributed by atoms with Gasteiger partial charge in [-0.2, -0.15) is 5.10 Å². The number of nitrogens with zero attached hydrogens (tertiary/aromatic N) is 3. The minimum Gasteiger partial charge on any atom is -0.394 e. The maximum absolute atomic E-state index is 8.70. The Hall–Kier alpha value is -0.320. The molecule has 0 bridgehead atoms. The number of alkyl halides is 2. The van der Waals surface area contributed by atoms with E-state index in [0.29, 0.717) is 12.5 Å². The summed E-state index contributed by atoms with van der Waals surface area (Å²) in [5.74, 6) is 1.17. The van der Waals surface area contributed by atoms with E-state index < -0.39 is 4.33 Å². The highest BCUT2D eigenvalue weighted by atomic mass is 35.5. The summed E-state index contributed by atoms with van der Waals surface area (Å²) >= 11 is 11.8. The van der Waals surface area contributed by atoms with E-state index in [1.807, 2.05) is 0 Å². The molecule has 84 valence electrons. The zero-order valence-electron chi connectivity index (χ0n) is 8.24. The smallest absolute Gasteiger partial charge is 0.150 e. The zero-order chi connectivity index (χ0) is 10.9. The summed E-state index contributed by atoms with van der Waals surface area (Å²) in [4.78, 5) is 4.14. The van der Waals surface area contributed by atoms with Gasteiger partial charge in [-0.05, 0) is 18.8 Å². The van der Waals surface area contributed by atoms with Crippen LogP contribution < -0.4 is 0 Å². The standard InChI is InChI=1S/C9H13Cl2N3O/c10-9(11)5-7(9)1-2-8-12-6-14(13-8)3-4-15/h6-7,15H,1-5H2. The van der Waals surface area contributed by atoms with Gasteiger partial charge in [0.05, 0.1) is 13.2 Å². The fourth-order valence-electron chi connectivity index (χ4n) is 1.54. The molecule has 0 amide bonds. The van der Waals surface area contributed by atoms with Crippen molar-refractivity contribution in [2.75, 3.05) is 6.61 Å². The molecule has 1 heterocycles. The van der Waals surface area contributed by atoms with Gasteiger partial charge in [0.2, 0.25) is 0 Å². The molecule has 1 aliphatic rings. The average molecular weight is 250 g/mol. The van der Waals surface area contributed by atoms with Crippen LogP contribution in [0.2, 0.25) is 0 Å². The molecule has 1 fully saturated rings. The molecule has 0 radical (unpaired) electrons. The van der Waals surface area contributed by atoms with Crippen molar-refractivity contribution in [3.63, 3.8) is 0 Å². The lowest BCUT2D eigenvalue weighted by atomic mass is 10.2. The van der Waals surface area contributed by atoms with Crippen LogP contribution in [0.5, 0.6) is 0 Å². The summed E-state index contributed by atoms with van der Waals surface area (Å²) in [5, 5.41) is 12.9. The van der Waals surface area contributed by atoms with Crippen LogP contribution >= 0.6 is 23.2 Å². The molecule has 0 saturated heterocycles. The quantitative estimate of drug-likeness (QED) is 0.803. The monoisotopic (exact) mass is 249 g/mol. The van der Waals surface area contributed by atoms with Crippen LogP contribution in [0.4, 0.5) is 0 Å². The first kappa shape index (κ1) is 11.2. The van der Waals surface area contributed by atoms with E-state index in [-0.39, 0.29) is 6.61 Å². The van der Waals surface area contributed by atoms with E-state index in [4.69, 9.17) is 28.3 Å². The fraction of sp³-hybridized carbons (Fsp3) is 0.778. The van der Waals surface area contributed by atoms with Crippen molar-refractivity contribution in [3.05, 3.63) is 12.2 Å². The van der Waals surface area contributed by atoms with E-state index >= 15 is 0 Å². The summed E-state index contributed by atoms with van der Waals surface area (Å²) in [5.41, 5.74) is 0. The molecule has 1 aromatic rings. The average Bonchev–Trinajstić information content (AvgIpc) is 2.62. The summed E-state index contributed by atoms with van der Waals surface area (Å²) in [6.07, 6.45) is 4.22. The largest absolute Gasteiger partial charge is 0.394 e. The van der Waals surface area contributed by atoms with Crippen LogP contribution in [-0.4, -0.2) is 30.8 Å². The highest BCUT2D eigenvalue weighted by molar-refractivity contribution is 6.50. The minimum absolute atomic E-state index is 0.0812. The van der Waals surface area contributed by atoms with Crippen LogP contribution in [0.1, 0.15) is 18.7 Å². The van der Waals surface area contributed by atoms with Gasteiger partial charge < -0.3 is 5.11 Å². The number of hydrogen-bond donors (Lipinski definition) is 1. The molecule has 4 nitrogen and oxygen atoms in total. The molecule has 1 aliphatic carbocycles. The summed E-state index contributed by atoms with van der Waals surface area (Å²) < 4.78 is 1.13. The predicted molar refractivity (Wildman–Crippen MR) is 58.0 cm³/mol. The van der Waals surface area contributed by atoms with Gasteiger partial charge in [0.15, 0.2) is 5.82 Å². The third-order valence-electron chi connectivity index (χ3n) is 2.59. The number of halogens is 2. The number of aliphatic hydroxyl groups excluding tert-OH is 1. The summed E-state index contributed by atoms with van der Waals surface area (Å²) in [6, 6.07) is 0. The maximum Gasteiger partial charge on any atom is 0.150 e. The number of aliphatic hydroxyl groups is 1. The molecule has 6 heteroatoms. The molecule has 1 saturated carbocycles. The summed E-state index contributed by atoms with van der Waals surface area (Å²) in [6.45, 7) is 0.573. The second-order valence-corrected chi connectivity index (χ2v) is 5.39. The Balaban J connectivity index is 1.79. The van der Waals surface area contributed by atoms with E-state index in [9.17, 15) is 0 Å². The number of hydrogen-bond acceptors (Lipinski definition) is 3. The lowest BCUT2D eigenvalue weighted by molar-refractivity contribution is 0.269. The van der Waals surface area contributed by atoms with Crippen molar-refractivity contribution in [2.45, 2.75) is 30.1 Å². The van der Waals surface area contributed by atoms with Crippen LogP contribution in [-0.2, 0) is 13.0 Å². The lowest BCUT2D eigenvalue weighted by Gasteiger charge is -1.97. The van der Waals surface area contributed by atoms with E-state index in [0.717, 1.165) is 25.1 Å². The Morgan fingerprint density at radius 1 is 1.60 bits per heavy atom. The third-order valence-corrected chi connectivity index (χ3v) is 3.51. The normalized spacial score (nSPS) is 23.0. The molecule has 1 atom stereocenters. The molecular weight excluding hydrogens is 237 g/mol. The topological polar surface area (TPSA) is 50.9 Å².